The van der Waals surface area contributed by atoms with Gasteiger partial charge >= 0.3 is 0 Å². The van der Waals surface area contributed by atoms with E-state index in [1.807, 2.05) is 0 Å². The fourth-order valence-electron chi connectivity index (χ4n) is 2.40. The van der Waals surface area contributed by atoms with Crippen molar-refractivity contribution in [3.8, 4) is 0 Å². The van der Waals surface area contributed by atoms with Crippen molar-refractivity contribution in [3.05, 3.63) is 35.5 Å². The molecule has 8 nitrogen and oxygen atoms in total. The molecule has 1 heterocycles. The third kappa shape index (κ3) is 3.27. The Bertz CT molecular complexity index is 786. The third-order valence-corrected chi connectivity index (χ3v) is 4.02. The van der Waals surface area contributed by atoms with Crippen LogP contribution in [0.1, 0.15) is 35.2 Å². The SMILES string of the molecule is NC(=O)c1cnc(Nc2ccc(N)c(C=[NH2+])c2)nc1NC1CCC1. The summed E-state index contributed by atoms with van der Waals surface area (Å²) in [7, 11) is 0. The van der Waals surface area contributed by atoms with E-state index < -0.39 is 5.91 Å². The summed E-state index contributed by atoms with van der Waals surface area (Å²) in [5.41, 5.74) is 13.5. The van der Waals surface area contributed by atoms with Gasteiger partial charge in [0.15, 0.2) is 6.21 Å². The van der Waals surface area contributed by atoms with Crippen molar-refractivity contribution in [3.63, 3.8) is 0 Å². The first-order valence-electron chi connectivity index (χ1n) is 7.71. The van der Waals surface area contributed by atoms with Gasteiger partial charge in [-0.1, -0.05) is 0 Å². The average molecular weight is 326 g/mol. The predicted octanol–water partition coefficient (Wildman–Crippen LogP) is 0.0437. The Kier molecular flexibility index (Phi) is 4.28. The zero-order chi connectivity index (χ0) is 17.1. The number of primary amides is 1. The zero-order valence-corrected chi connectivity index (χ0v) is 13.1. The van der Waals surface area contributed by atoms with Gasteiger partial charge in [0, 0.05) is 23.6 Å². The Labute approximate surface area is 139 Å². The number of hydrogen-bond acceptors (Lipinski definition) is 6. The summed E-state index contributed by atoms with van der Waals surface area (Å²) in [5, 5.41) is 11.9. The van der Waals surface area contributed by atoms with Crippen molar-refractivity contribution in [2.45, 2.75) is 25.3 Å². The molecule has 0 radical (unpaired) electrons. The van der Waals surface area contributed by atoms with Crippen LogP contribution in [-0.2, 0) is 0 Å². The molecule has 8 heteroatoms. The van der Waals surface area contributed by atoms with E-state index in [1.165, 1.54) is 18.8 Å². The molecule has 1 fully saturated rings. The number of hydrogen-bond donors (Lipinski definition) is 5. The number of carbonyl (C=O) groups is 1. The summed E-state index contributed by atoms with van der Waals surface area (Å²) < 4.78 is 0. The molecule has 1 aromatic heterocycles. The van der Waals surface area contributed by atoms with Crippen LogP contribution < -0.4 is 27.5 Å². The van der Waals surface area contributed by atoms with Crippen LogP contribution in [-0.4, -0.2) is 28.1 Å². The lowest BCUT2D eigenvalue weighted by molar-refractivity contribution is -0.104. The maximum absolute atomic E-state index is 11.6. The highest BCUT2D eigenvalue weighted by Gasteiger charge is 2.21. The second-order valence-electron chi connectivity index (χ2n) is 5.73. The quantitative estimate of drug-likeness (QED) is 0.374. The molecule has 1 aliphatic rings. The molecular formula is C16H20N7O+. The second-order valence-corrected chi connectivity index (χ2v) is 5.73. The number of nitrogens with zero attached hydrogens (tertiary/aromatic N) is 2. The first-order chi connectivity index (χ1) is 11.6. The first kappa shape index (κ1) is 15.7. The van der Waals surface area contributed by atoms with E-state index in [0.29, 0.717) is 29.1 Å². The highest BCUT2D eigenvalue weighted by Crippen LogP contribution is 2.25. The summed E-state index contributed by atoms with van der Waals surface area (Å²) in [6.45, 7) is 0. The fourth-order valence-corrected chi connectivity index (χ4v) is 2.40. The van der Waals surface area contributed by atoms with E-state index in [4.69, 9.17) is 16.9 Å². The molecule has 2 aromatic rings. The first-order valence-corrected chi connectivity index (χ1v) is 7.71. The average Bonchev–Trinajstić information content (AvgIpc) is 2.52. The van der Waals surface area contributed by atoms with Gasteiger partial charge in [-0.25, -0.2) is 4.98 Å². The lowest BCUT2D eigenvalue weighted by Gasteiger charge is -2.27. The fraction of sp³-hybridized carbons (Fsp3) is 0.250. The van der Waals surface area contributed by atoms with Gasteiger partial charge in [0.05, 0.1) is 11.1 Å². The summed E-state index contributed by atoms with van der Waals surface area (Å²) in [4.78, 5) is 20.1. The van der Waals surface area contributed by atoms with Gasteiger partial charge in [0.2, 0.25) is 5.95 Å². The monoisotopic (exact) mass is 326 g/mol. The molecule has 8 N–H and O–H groups in total. The van der Waals surface area contributed by atoms with E-state index in [9.17, 15) is 4.79 Å². The van der Waals surface area contributed by atoms with Gasteiger partial charge in [-0.15, -0.1) is 0 Å². The van der Waals surface area contributed by atoms with Gasteiger partial charge in [-0.2, -0.15) is 4.98 Å². The normalized spacial score (nSPS) is 13.8. The van der Waals surface area contributed by atoms with Crippen molar-refractivity contribution in [2.24, 2.45) is 5.73 Å². The molecule has 1 aromatic carbocycles. The van der Waals surface area contributed by atoms with Gasteiger partial charge in [-0.05, 0) is 37.5 Å². The molecule has 124 valence electrons. The van der Waals surface area contributed by atoms with Crippen LogP contribution in [0.4, 0.5) is 23.1 Å². The smallest absolute Gasteiger partial charge is 0.254 e. The Hall–Kier alpha value is -3.16. The third-order valence-electron chi connectivity index (χ3n) is 4.02. The topological polar surface area (TPSA) is 145 Å². The van der Waals surface area contributed by atoms with Gasteiger partial charge < -0.3 is 22.1 Å². The highest BCUT2D eigenvalue weighted by atomic mass is 16.1. The van der Waals surface area contributed by atoms with Crippen molar-refractivity contribution in [1.29, 1.82) is 0 Å². The molecule has 0 spiro atoms. The Morgan fingerprint density at radius 2 is 2.17 bits per heavy atom. The number of carbonyl (C=O) groups excluding carboxylic acids is 1. The summed E-state index contributed by atoms with van der Waals surface area (Å²) in [6, 6.07) is 5.65. The largest absolute Gasteiger partial charge is 0.398 e. The molecular weight excluding hydrogens is 306 g/mol. The van der Waals surface area contributed by atoms with Gasteiger partial charge in [0.25, 0.3) is 5.91 Å². The maximum atomic E-state index is 11.6. The van der Waals surface area contributed by atoms with E-state index in [0.717, 1.165) is 18.5 Å². The van der Waals surface area contributed by atoms with Crippen LogP contribution in [0.2, 0.25) is 0 Å². The molecule has 1 aliphatic carbocycles. The number of rotatable bonds is 6. The maximum Gasteiger partial charge on any atom is 0.254 e. The minimum atomic E-state index is -0.559. The van der Waals surface area contributed by atoms with Gasteiger partial charge in [0.1, 0.15) is 5.82 Å². The number of nitrogen functional groups attached to an aromatic ring is 1. The minimum Gasteiger partial charge on any atom is -0.398 e. The Balaban J connectivity index is 1.86. The molecule has 0 saturated heterocycles. The Morgan fingerprint density at radius 3 is 2.79 bits per heavy atom. The minimum absolute atomic E-state index is 0.278. The molecule has 1 saturated carbocycles. The van der Waals surface area contributed by atoms with Crippen LogP contribution in [0.5, 0.6) is 0 Å². The summed E-state index contributed by atoms with van der Waals surface area (Å²) in [5.74, 6) is 0.246. The van der Waals surface area contributed by atoms with Gasteiger partial charge in [-0.3, -0.25) is 10.2 Å². The molecule has 0 bridgehead atoms. The van der Waals surface area contributed by atoms with Crippen LogP contribution in [0.25, 0.3) is 0 Å². The van der Waals surface area contributed by atoms with Crippen LogP contribution in [0.15, 0.2) is 24.4 Å². The standard InChI is InChI=1S/C16H19N7O/c17-7-9-6-11(4-5-13(9)18)22-16-20-8-12(14(19)24)15(23-16)21-10-2-1-3-10/h4-8,10,17H,1-3,18H2,(H2,19,24)(H2,20,21,22,23)/p+1. The molecule has 0 unspecified atom stereocenters. The van der Waals surface area contributed by atoms with Crippen molar-refractivity contribution in [2.75, 3.05) is 16.4 Å². The van der Waals surface area contributed by atoms with Crippen molar-refractivity contribution < 1.29 is 10.2 Å². The van der Waals surface area contributed by atoms with E-state index in [-0.39, 0.29) is 5.56 Å². The lowest BCUT2D eigenvalue weighted by Crippen LogP contribution is -2.30. The van der Waals surface area contributed by atoms with E-state index in [2.05, 4.69) is 20.6 Å². The van der Waals surface area contributed by atoms with E-state index >= 15 is 0 Å². The number of aromatic nitrogens is 2. The van der Waals surface area contributed by atoms with Crippen molar-refractivity contribution >= 4 is 35.3 Å². The number of amides is 1. The zero-order valence-electron chi connectivity index (χ0n) is 13.1. The van der Waals surface area contributed by atoms with Crippen LogP contribution >= 0.6 is 0 Å². The second kappa shape index (κ2) is 6.53. The number of anilines is 4. The number of benzene rings is 1. The number of nitrogens with two attached hydrogens (primary N) is 3. The predicted molar refractivity (Wildman–Crippen MR) is 93.0 cm³/mol. The van der Waals surface area contributed by atoms with Crippen molar-refractivity contribution in [1.82, 2.24) is 9.97 Å². The Morgan fingerprint density at radius 1 is 1.38 bits per heavy atom. The molecule has 1 amide bonds. The lowest BCUT2D eigenvalue weighted by atomic mass is 9.93. The highest BCUT2D eigenvalue weighted by molar-refractivity contribution is 5.97. The van der Waals surface area contributed by atoms with Crippen LogP contribution in [0.3, 0.4) is 0 Å². The molecule has 24 heavy (non-hydrogen) atoms. The molecule has 0 aliphatic heterocycles. The van der Waals surface area contributed by atoms with Crippen LogP contribution in [0, 0.1) is 0 Å². The summed E-state index contributed by atoms with van der Waals surface area (Å²) in [6.07, 6.45) is 6.13. The molecule has 0 atom stereocenters. The summed E-state index contributed by atoms with van der Waals surface area (Å²) >= 11 is 0. The molecule has 3 rings (SSSR count). The number of nitrogens with one attached hydrogen (secondary N) is 2. The van der Waals surface area contributed by atoms with E-state index in [1.54, 1.807) is 18.2 Å².